The van der Waals surface area contributed by atoms with Crippen molar-refractivity contribution in [1.29, 1.82) is 0 Å². The van der Waals surface area contributed by atoms with Crippen LogP contribution in [0.3, 0.4) is 0 Å². The maximum Gasteiger partial charge on any atom is 0.338 e. The SMILES string of the molecule is CC(C)(C)OC(=O)c1ccc(-c2ccc(CO)cc2Cl)cc1. The lowest BCUT2D eigenvalue weighted by atomic mass is 10.0. The molecule has 0 radical (unpaired) electrons. The summed E-state index contributed by atoms with van der Waals surface area (Å²) in [5, 5.41) is 9.67. The highest BCUT2D eigenvalue weighted by Gasteiger charge is 2.17. The third-order valence-electron chi connectivity index (χ3n) is 3.05. The van der Waals surface area contributed by atoms with Gasteiger partial charge in [0.05, 0.1) is 12.2 Å². The van der Waals surface area contributed by atoms with Crippen molar-refractivity contribution >= 4 is 17.6 Å². The molecule has 2 aromatic rings. The van der Waals surface area contributed by atoms with E-state index in [0.29, 0.717) is 10.6 Å². The third-order valence-corrected chi connectivity index (χ3v) is 3.36. The van der Waals surface area contributed by atoms with Gasteiger partial charge in [0.25, 0.3) is 0 Å². The zero-order valence-corrected chi connectivity index (χ0v) is 13.6. The second-order valence-corrected chi connectivity index (χ2v) is 6.46. The molecule has 0 amide bonds. The topological polar surface area (TPSA) is 46.5 Å². The molecular formula is C18H19ClO3. The molecule has 0 aromatic heterocycles. The van der Waals surface area contributed by atoms with Crippen molar-refractivity contribution in [2.24, 2.45) is 0 Å². The highest BCUT2D eigenvalue weighted by atomic mass is 35.5. The molecule has 116 valence electrons. The molecule has 2 aromatic carbocycles. The Labute approximate surface area is 135 Å². The standard InChI is InChI=1S/C18H19ClO3/c1-18(2,3)22-17(21)14-7-5-13(6-8-14)15-9-4-12(11-20)10-16(15)19/h4-10,20H,11H2,1-3H3. The lowest BCUT2D eigenvalue weighted by Gasteiger charge is -2.19. The van der Waals surface area contributed by atoms with Gasteiger partial charge in [0.1, 0.15) is 5.60 Å². The van der Waals surface area contributed by atoms with E-state index in [0.717, 1.165) is 16.7 Å². The zero-order valence-electron chi connectivity index (χ0n) is 12.9. The molecule has 0 saturated heterocycles. The van der Waals surface area contributed by atoms with E-state index in [1.807, 2.05) is 45.0 Å². The third kappa shape index (κ3) is 4.09. The molecule has 0 aliphatic rings. The fourth-order valence-corrected chi connectivity index (χ4v) is 2.33. The summed E-state index contributed by atoms with van der Waals surface area (Å²) in [5.74, 6) is -0.347. The predicted octanol–water partition coefficient (Wildman–Crippen LogP) is 4.45. The summed E-state index contributed by atoms with van der Waals surface area (Å²) >= 11 is 6.23. The lowest BCUT2D eigenvalue weighted by Crippen LogP contribution is -2.23. The minimum absolute atomic E-state index is 0.0441. The quantitative estimate of drug-likeness (QED) is 0.850. The summed E-state index contributed by atoms with van der Waals surface area (Å²) in [7, 11) is 0. The van der Waals surface area contributed by atoms with Crippen LogP contribution in [-0.4, -0.2) is 16.7 Å². The smallest absolute Gasteiger partial charge is 0.338 e. The van der Waals surface area contributed by atoms with E-state index >= 15 is 0 Å². The lowest BCUT2D eigenvalue weighted by molar-refractivity contribution is 0.00696. The van der Waals surface area contributed by atoms with Gasteiger partial charge in [-0.1, -0.05) is 35.9 Å². The Morgan fingerprint density at radius 2 is 1.77 bits per heavy atom. The predicted molar refractivity (Wildman–Crippen MR) is 88.0 cm³/mol. The maximum absolute atomic E-state index is 12.0. The van der Waals surface area contributed by atoms with E-state index in [9.17, 15) is 4.79 Å². The number of aliphatic hydroxyl groups excluding tert-OH is 1. The number of carbonyl (C=O) groups is 1. The van der Waals surface area contributed by atoms with E-state index < -0.39 is 5.60 Å². The summed E-state index contributed by atoms with van der Waals surface area (Å²) in [6.45, 7) is 5.46. The summed E-state index contributed by atoms with van der Waals surface area (Å²) in [5.41, 5.74) is 2.51. The number of ether oxygens (including phenoxy) is 1. The van der Waals surface area contributed by atoms with E-state index in [2.05, 4.69) is 0 Å². The van der Waals surface area contributed by atoms with Crippen LogP contribution >= 0.6 is 11.6 Å². The van der Waals surface area contributed by atoms with E-state index in [4.69, 9.17) is 21.4 Å². The van der Waals surface area contributed by atoms with Crippen molar-refractivity contribution in [3.8, 4) is 11.1 Å². The molecule has 22 heavy (non-hydrogen) atoms. The van der Waals surface area contributed by atoms with Crippen LogP contribution in [0.4, 0.5) is 0 Å². The van der Waals surface area contributed by atoms with Gasteiger partial charge >= 0.3 is 5.97 Å². The molecule has 1 N–H and O–H groups in total. The van der Waals surface area contributed by atoms with Gasteiger partial charge in [-0.2, -0.15) is 0 Å². The van der Waals surface area contributed by atoms with Crippen LogP contribution in [0.5, 0.6) is 0 Å². The van der Waals surface area contributed by atoms with Crippen LogP contribution in [-0.2, 0) is 11.3 Å². The normalized spacial score (nSPS) is 11.3. The fourth-order valence-electron chi connectivity index (χ4n) is 2.01. The molecule has 0 aliphatic heterocycles. The zero-order chi connectivity index (χ0) is 16.3. The Morgan fingerprint density at radius 1 is 1.14 bits per heavy atom. The molecule has 0 aliphatic carbocycles. The number of benzene rings is 2. The molecule has 0 spiro atoms. The average Bonchev–Trinajstić information content (AvgIpc) is 2.45. The molecular weight excluding hydrogens is 300 g/mol. The molecule has 0 saturated carbocycles. The molecule has 4 heteroatoms. The minimum atomic E-state index is -0.515. The van der Waals surface area contributed by atoms with Crippen molar-refractivity contribution in [2.75, 3.05) is 0 Å². The molecule has 0 bridgehead atoms. The van der Waals surface area contributed by atoms with Crippen LogP contribution in [0.25, 0.3) is 11.1 Å². The molecule has 3 nitrogen and oxygen atoms in total. The molecule has 2 rings (SSSR count). The number of hydrogen-bond donors (Lipinski definition) is 1. The molecule has 0 fully saturated rings. The molecule has 0 unspecified atom stereocenters. The summed E-state index contributed by atoms with van der Waals surface area (Å²) in [6, 6.07) is 12.5. The Hall–Kier alpha value is -1.84. The van der Waals surface area contributed by atoms with Crippen LogP contribution in [0.1, 0.15) is 36.7 Å². The van der Waals surface area contributed by atoms with Gasteiger partial charge in [0, 0.05) is 10.6 Å². The number of halogens is 1. The number of esters is 1. The van der Waals surface area contributed by atoms with Crippen LogP contribution in [0.2, 0.25) is 5.02 Å². The van der Waals surface area contributed by atoms with Crippen molar-refractivity contribution in [3.63, 3.8) is 0 Å². The average molecular weight is 319 g/mol. The van der Waals surface area contributed by atoms with E-state index in [-0.39, 0.29) is 12.6 Å². The highest BCUT2D eigenvalue weighted by Crippen LogP contribution is 2.29. The van der Waals surface area contributed by atoms with Gasteiger partial charge in [-0.15, -0.1) is 0 Å². The number of hydrogen-bond acceptors (Lipinski definition) is 3. The Morgan fingerprint density at radius 3 is 2.27 bits per heavy atom. The first-order valence-corrected chi connectivity index (χ1v) is 7.41. The first-order valence-electron chi connectivity index (χ1n) is 7.03. The second kappa shape index (κ2) is 6.51. The maximum atomic E-state index is 12.0. The monoisotopic (exact) mass is 318 g/mol. The summed E-state index contributed by atoms with van der Waals surface area (Å²) in [4.78, 5) is 12.0. The fraction of sp³-hybridized carbons (Fsp3) is 0.278. The van der Waals surface area contributed by atoms with Crippen molar-refractivity contribution in [2.45, 2.75) is 33.0 Å². The second-order valence-electron chi connectivity index (χ2n) is 6.05. The van der Waals surface area contributed by atoms with Gasteiger partial charge < -0.3 is 9.84 Å². The Balaban J connectivity index is 2.24. The van der Waals surface area contributed by atoms with Crippen molar-refractivity contribution < 1.29 is 14.6 Å². The van der Waals surface area contributed by atoms with Crippen molar-refractivity contribution in [1.82, 2.24) is 0 Å². The summed E-state index contributed by atoms with van der Waals surface area (Å²) < 4.78 is 5.33. The Kier molecular flexibility index (Phi) is 4.89. The van der Waals surface area contributed by atoms with Gasteiger partial charge in [0.15, 0.2) is 0 Å². The number of aliphatic hydroxyl groups is 1. The first-order chi connectivity index (χ1) is 10.3. The van der Waals surface area contributed by atoms with E-state index in [1.165, 1.54) is 0 Å². The highest BCUT2D eigenvalue weighted by molar-refractivity contribution is 6.33. The molecule has 0 heterocycles. The molecule has 0 atom stereocenters. The van der Waals surface area contributed by atoms with Crippen LogP contribution in [0, 0.1) is 0 Å². The van der Waals surface area contributed by atoms with Gasteiger partial charge in [-0.25, -0.2) is 4.79 Å². The van der Waals surface area contributed by atoms with E-state index in [1.54, 1.807) is 18.2 Å². The van der Waals surface area contributed by atoms with Crippen LogP contribution in [0.15, 0.2) is 42.5 Å². The van der Waals surface area contributed by atoms with Gasteiger partial charge in [0.2, 0.25) is 0 Å². The minimum Gasteiger partial charge on any atom is -0.456 e. The van der Waals surface area contributed by atoms with Crippen LogP contribution < -0.4 is 0 Å². The summed E-state index contributed by atoms with van der Waals surface area (Å²) in [6.07, 6.45) is 0. The number of carbonyl (C=O) groups excluding carboxylic acids is 1. The number of rotatable bonds is 3. The largest absolute Gasteiger partial charge is 0.456 e. The van der Waals surface area contributed by atoms with Gasteiger partial charge in [-0.3, -0.25) is 0 Å². The first kappa shape index (κ1) is 16.5. The van der Waals surface area contributed by atoms with Gasteiger partial charge in [-0.05, 0) is 50.1 Å². The Bertz CT molecular complexity index is 670. The van der Waals surface area contributed by atoms with Crippen molar-refractivity contribution in [3.05, 3.63) is 58.6 Å².